The van der Waals surface area contributed by atoms with E-state index in [-0.39, 0.29) is 34.1 Å². The zero-order valence-corrected chi connectivity index (χ0v) is 16.6. The Hall–Kier alpha value is -3.45. The van der Waals surface area contributed by atoms with Gasteiger partial charge in [-0.2, -0.15) is 13.5 Å². The quantitative estimate of drug-likeness (QED) is 0.280. The first-order chi connectivity index (χ1) is 13.9. The Morgan fingerprint density at radius 2 is 1.55 bits per heavy atom. The number of rotatable bonds is 7. The minimum absolute atomic E-state index is 0.00650. The highest BCUT2D eigenvalue weighted by Crippen LogP contribution is 2.24. The lowest BCUT2D eigenvalue weighted by molar-refractivity contribution is -0.112. The number of para-hydroxylation sites is 1. The van der Waals surface area contributed by atoms with E-state index in [1.165, 1.54) is 18.2 Å². The van der Waals surface area contributed by atoms with Gasteiger partial charge in [0.25, 0.3) is 0 Å². The molecule has 0 aromatic heterocycles. The van der Waals surface area contributed by atoms with Crippen LogP contribution < -0.4 is 10.0 Å². The lowest BCUT2D eigenvalue weighted by Crippen LogP contribution is -2.21. The van der Waals surface area contributed by atoms with E-state index in [0.29, 0.717) is 0 Å². The predicted molar refractivity (Wildman–Crippen MR) is 111 cm³/mol. The lowest BCUT2D eigenvalue weighted by Gasteiger charge is -2.12. The van der Waals surface area contributed by atoms with Gasteiger partial charge < -0.3 is 10.0 Å². The van der Waals surface area contributed by atoms with Gasteiger partial charge in [-0.3, -0.25) is 4.79 Å². The summed E-state index contributed by atoms with van der Waals surface area (Å²) >= 11 is 0. The number of carbonyl (C=O) groups excluding carboxylic acids is 1. The molecular weight excluding hydrogens is 388 g/mol. The van der Waals surface area contributed by atoms with E-state index < -0.39 is 10.1 Å². The second-order valence-electron chi connectivity index (χ2n) is 6.41. The molecule has 0 spiro atoms. The Labute approximate surface area is 169 Å². The molecule has 0 fully saturated rings. The van der Waals surface area contributed by atoms with Crippen LogP contribution in [0.4, 0.5) is 0 Å². The van der Waals surface area contributed by atoms with Crippen molar-refractivity contribution in [3.05, 3.63) is 95.6 Å². The van der Waals surface area contributed by atoms with Gasteiger partial charge in [-0.05, 0) is 36.8 Å². The highest BCUT2D eigenvalue weighted by molar-refractivity contribution is 7.87. The SMILES string of the molecule is Cc1ccc(CC(=O)/C(=N/N)c2ccccc2OS(=O)(=O)c2ccccc2)cc1. The molecule has 3 aromatic rings. The lowest BCUT2D eigenvalue weighted by atomic mass is 9.99. The Kier molecular flexibility index (Phi) is 6.09. The summed E-state index contributed by atoms with van der Waals surface area (Å²) < 4.78 is 30.5. The third-order valence-electron chi connectivity index (χ3n) is 4.25. The second-order valence-corrected chi connectivity index (χ2v) is 7.96. The van der Waals surface area contributed by atoms with Crippen molar-refractivity contribution < 1.29 is 17.4 Å². The summed E-state index contributed by atoms with van der Waals surface area (Å²) in [5.74, 6) is 5.13. The van der Waals surface area contributed by atoms with Crippen LogP contribution in [0.25, 0.3) is 0 Å². The molecular formula is C22H20N2O4S. The Balaban J connectivity index is 1.90. The third-order valence-corrected chi connectivity index (χ3v) is 5.50. The van der Waals surface area contributed by atoms with Gasteiger partial charge in [0.05, 0.1) is 0 Å². The number of hydrazone groups is 1. The molecule has 0 saturated heterocycles. The van der Waals surface area contributed by atoms with E-state index in [9.17, 15) is 13.2 Å². The fourth-order valence-electron chi connectivity index (χ4n) is 2.76. The van der Waals surface area contributed by atoms with Crippen molar-refractivity contribution in [3.8, 4) is 5.75 Å². The third kappa shape index (κ3) is 4.89. The molecule has 3 aromatic carbocycles. The molecule has 0 heterocycles. The Bertz CT molecular complexity index is 1140. The molecule has 0 atom stereocenters. The molecule has 148 valence electrons. The van der Waals surface area contributed by atoms with Crippen LogP contribution in [0.15, 0.2) is 88.9 Å². The first-order valence-electron chi connectivity index (χ1n) is 8.86. The summed E-state index contributed by atoms with van der Waals surface area (Å²) in [5, 5.41) is 3.63. The summed E-state index contributed by atoms with van der Waals surface area (Å²) in [6, 6.07) is 21.5. The summed E-state index contributed by atoms with van der Waals surface area (Å²) in [7, 11) is -4.07. The number of benzene rings is 3. The molecule has 29 heavy (non-hydrogen) atoms. The van der Waals surface area contributed by atoms with E-state index in [2.05, 4.69) is 5.10 Å². The highest BCUT2D eigenvalue weighted by Gasteiger charge is 2.23. The smallest absolute Gasteiger partial charge is 0.339 e. The maximum atomic E-state index is 12.8. The summed E-state index contributed by atoms with van der Waals surface area (Å²) in [6.07, 6.45) is 0.0794. The van der Waals surface area contributed by atoms with Crippen molar-refractivity contribution in [2.24, 2.45) is 10.9 Å². The molecule has 0 aliphatic heterocycles. The van der Waals surface area contributed by atoms with Crippen molar-refractivity contribution in [1.29, 1.82) is 0 Å². The predicted octanol–water partition coefficient (Wildman–Crippen LogP) is 3.24. The van der Waals surface area contributed by atoms with E-state index in [4.69, 9.17) is 10.0 Å². The van der Waals surface area contributed by atoms with E-state index in [0.717, 1.165) is 11.1 Å². The number of carbonyl (C=O) groups is 1. The molecule has 0 saturated carbocycles. The van der Waals surface area contributed by atoms with Crippen LogP contribution >= 0.6 is 0 Å². The van der Waals surface area contributed by atoms with Crippen molar-refractivity contribution in [2.45, 2.75) is 18.2 Å². The molecule has 0 unspecified atom stereocenters. The number of hydrogen-bond donors (Lipinski definition) is 1. The van der Waals surface area contributed by atoms with Crippen LogP contribution in [0.3, 0.4) is 0 Å². The molecule has 0 radical (unpaired) electrons. The maximum absolute atomic E-state index is 12.8. The number of nitrogens with zero attached hydrogens (tertiary/aromatic N) is 1. The monoisotopic (exact) mass is 408 g/mol. The fourth-order valence-corrected chi connectivity index (χ4v) is 3.72. The van der Waals surface area contributed by atoms with Crippen LogP contribution in [0.2, 0.25) is 0 Å². The van der Waals surface area contributed by atoms with Crippen LogP contribution in [-0.2, 0) is 21.3 Å². The average Bonchev–Trinajstić information content (AvgIpc) is 2.72. The minimum Gasteiger partial charge on any atom is -0.378 e. The minimum atomic E-state index is -4.07. The zero-order chi connectivity index (χ0) is 20.9. The number of nitrogens with two attached hydrogens (primary N) is 1. The topological polar surface area (TPSA) is 98.8 Å². The molecule has 0 bridgehead atoms. The van der Waals surface area contributed by atoms with E-state index in [1.807, 2.05) is 31.2 Å². The zero-order valence-electron chi connectivity index (χ0n) is 15.8. The number of ketones is 1. The van der Waals surface area contributed by atoms with Gasteiger partial charge >= 0.3 is 10.1 Å². The van der Waals surface area contributed by atoms with Crippen LogP contribution in [0.5, 0.6) is 5.75 Å². The maximum Gasteiger partial charge on any atom is 0.339 e. The summed E-state index contributed by atoms with van der Waals surface area (Å²) in [6.45, 7) is 1.96. The van der Waals surface area contributed by atoms with Gasteiger partial charge in [0, 0.05) is 12.0 Å². The normalized spacial score (nSPS) is 11.8. The fraction of sp³-hybridized carbons (Fsp3) is 0.0909. The molecule has 0 aliphatic carbocycles. The molecule has 3 rings (SSSR count). The van der Waals surface area contributed by atoms with Crippen molar-refractivity contribution in [3.63, 3.8) is 0 Å². The molecule has 0 amide bonds. The standard InChI is InChI=1S/C22H20N2O4S/c1-16-11-13-17(14-12-16)15-20(25)22(24-23)19-9-5-6-10-21(19)28-29(26,27)18-7-3-2-4-8-18/h2-14H,15,23H2,1H3/b24-22+. The molecule has 6 nitrogen and oxygen atoms in total. The van der Waals surface area contributed by atoms with Crippen LogP contribution in [-0.4, -0.2) is 19.9 Å². The highest BCUT2D eigenvalue weighted by atomic mass is 32.2. The van der Waals surface area contributed by atoms with Gasteiger partial charge in [0.15, 0.2) is 11.5 Å². The largest absolute Gasteiger partial charge is 0.378 e. The van der Waals surface area contributed by atoms with Crippen molar-refractivity contribution >= 4 is 21.6 Å². The Morgan fingerprint density at radius 1 is 0.931 bits per heavy atom. The van der Waals surface area contributed by atoms with Gasteiger partial charge in [-0.25, -0.2) is 0 Å². The first kappa shape index (κ1) is 20.3. The van der Waals surface area contributed by atoms with E-state index in [1.54, 1.807) is 36.4 Å². The number of hydrogen-bond acceptors (Lipinski definition) is 6. The van der Waals surface area contributed by atoms with E-state index >= 15 is 0 Å². The first-order valence-corrected chi connectivity index (χ1v) is 10.3. The van der Waals surface area contributed by atoms with Gasteiger partial charge in [-0.15, -0.1) is 0 Å². The number of aryl methyl sites for hydroxylation is 1. The summed E-state index contributed by atoms with van der Waals surface area (Å²) in [4.78, 5) is 12.8. The van der Waals surface area contributed by atoms with Gasteiger partial charge in [0.2, 0.25) is 0 Å². The van der Waals surface area contributed by atoms with Gasteiger partial charge in [-0.1, -0.05) is 60.2 Å². The van der Waals surface area contributed by atoms with Crippen molar-refractivity contribution in [1.82, 2.24) is 0 Å². The van der Waals surface area contributed by atoms with Crippen LogP contribution in [0.1, 0.15) is 16.7 Å². The molecule has 7 heteroatoms. The average molecular weight is 408 g/mol. The second kappa shape index (κ2) is 8.70. The van der Waals surface area contributed by atoms with Gasteiger partial charge in [0.1, 0.15) is 10.6 Å². The molecule has 0 aliphatic rings. The Morgan fingerprint density at radius 3 is 2.21 bits per heavy atom. The molecule has 2 N–H and O–H groups in total. The number of Topliss-reactive ketones (excluding diaryl/α,β-unsaturated/α-hetero) is 1. The van der Waals surface area contributed by atoms with Crippen molar-refractivity contribution in [2.75, 3.05) is 0 Å². The van der Waals surface area contributed by atoms with Crippen LogP contribution in [0, 0.1) is 6.92 Å². The summed E-state index contributed by atoms with van der Waals surface area (Å²) in [5.41, 5.74) is 2.05.